The van der Waals surface area contributed by atoms with Crippen molar-refractivity contribution in [3.63, 3.8) is 0 Å². The second kappa shape index (κ2) is 9.16. The first-order valence-corrected chi connectivity index (χ1v) is 12.5. The maximum Gasteiger partial charge on any atom is 0.417 e. The average Bonchev–Trinajstić information content (AvgIpc) is 3.58. The average molecular weight is 514 g/mol. The Morgan fingerprint density at radius 3 is 2.46 bits per heavy atom. The summed E-state index contributed by atoms with van der Waals surface area (Å²) in [6.07, 6.45) is 0.626. The summed E-state index contributed by atoms with van der Waals surface area (Å²) in [4.78, 5) is 17.9. The highest BCUT2D eigenvalue weighted by Crippen LogP contribution is 2.46. The highest BCUT2D eigenvalue weighted by atomic mass is 19.4. The van der Waals surface area contributed by atoms with Gasteiger partial charge in [0.05, 0.1) is 18.3 Å². The van der Waals surface area contributed by atoms with E-state index in [2.05, 4.69) is 15.0 Å². The molecule has 1 saturated carbocycles. The smallest absolute Gasteiger partial charge is 0.417 e. The van der Waals surface area contributed by atoms with Crippen LogP contribution in [-0.2, 0) is 17.5 Å². The van der Waals surface area contributed by atoms with Gasteiger partial charge in [-0.2, -0.15) is 13.2 Å². The lowest BCUT2D eigenvalue weighted by atomic mass is 9.98. The van der Waals surface area contributed by atoms with Crippen molar-refractivity contribution >= 4 is 11.8 Å². The van der Waals surface area contributed by atoms with Gasteiger partial charge in [-0.1, -0.05) is 29.4 Å². The van der Waals surface area contributed by atoms with Crippen molar-refractivity contribution < 1.29 is 32.3 Å². The normalized spacial score (nSPS) is 23.4. The van der Waals surface area contributed by atoms with E-state index < -0.39 is 17.7 Å². The monoisotopic (exact) mass is 513 g/mol. The summed E-state index contributed by atoms with van der Waals surface area (Å²) in [7, 11) is 0. The molecule has 2 aromatic heterocycles. The molecule has 1 aromatic carbocycles. The van der Waals surface area contributed by atoms with Gasteiger partial charge < -0.3 is 19.3 Å². The van der Waals surface area contributed by atoms with Gasteiger partial charge in [0.1, 0.15) is 17.3 Å². The minimum absolute atomic E-state index is 0.00326. The number of alkyl halides is 3. The largest absolute Gasteiger partial charge is 0.477 e. The number of pyridine rings is 1. The summed E-state index contributed by atoms with van der Waals surface area (Å²) in [5, 5.41) is 13.4. The predicted octanol–water partition coefficient (Wildman–Crippen LogP) is 6.05. The van der Waals surface area contributed by atoms with Crippen LogP contribution in [0.4, 0.5) is 19.0 Å². The number of fused-ring (bicyclic) bond motifs is 2. The minimum atomic E-state index is -4.51. The molecular weight excluding hydrogens is 487 g/mol. The van der Waals surface area contributed by atoms with E-state index in [1.807, 2.05) is 6.07 Å². The molecular formula is C27H26F3N3O4. The van der Waals surface area contributed by atoms with Gasteiger partial charge in [-0.05, 0) is 56.7 Å². The molecule has 1 N–H and O–H groups in total. The molecule has 37 heavy (non-hydrogen) atoms. The van der Waals surface area contributed by atoms with Gasteiger partial charge in [0.15, 0.2) is 5.69 Å². The van der Waals surface area contributed by atoms with Gasteiger partial charge in [0.25, 0.3) is 0 Å². The summed E-state index contributed by atoms with van der Waals surface area (Å²) in [6, 6.07) is 10.8. The van der Waals surface area contributed by atoms with Gasteiger partial charge >= 0.3 is 12.1 Å². The van der Waals surface area contributed by atoms with Crippen LogP contribution in [-0.4, -0.2) is 39.4 Å². The van der Waals surface area contributed by atoms with Crippen LogP contribution in [0, 0.1) is 0 Å². The van der Waals surface area contributed by atoms with Crippen molar-refractivity contribution in [2.75, 3.05) is 4.90 Å². The van der Waals surface area contributed by atoms with Crippen molar-refractivity contribution in [1.82, 2.24) is 10.1 Å². The SMILES string of the molecule is O=C(O)c1cccc(N2[C@@H]3CC[C@H]2C[C@H](OCc2c(-c4ccccc4C(F)(F)F)noc2C2CC2)C3)n1. The Balaban J connectivity index is 1.22. The van der Waals surface area contributed by atoms with Gasteiger partial charge in [-0.25, -0.2) is 9.78 Å². The molecule has 1 aliphatic carbocycles. The molecule has 2 aliphatic heterocycles. The van der Waals surface area contributed by atoms with Crippen molar-refractivity contribution in [3.05, 3.63) is 65.0 Å². The maximum absolute atomic E-state index is 13.7. The quantitative estimate of drug-likeness (QED) is 0.412. The van der Waals surface area contributed by atoms with Crippen LogP contribution in [0.25, 0.3) is 11.3 Å². The van der Waals surface area contributed by atoms with Crippen molar-refractivity contribution in [2.45, 2.75) is 75.4 Å². The number of hydrogen-bond donors (Lipinski definition) is 1. The maximum atomic E-state index is 13.7. The van der Waals surface area contributed by atoms with E-state index in [0.717, 1.165) is 44.6 Å². The first-order valence-electron chi connectivity index (χ1n) is 12.5. The van der Waals surface area contributed by atoms with Gasteiger partial charge in [0, 0.05) is 29.1 Å². The first-order chi connectivity index (χ1) is 17.8. The van der Waals surface area contributed by atoms with E-state index in [-0.39, 0.29) is 47.7 Å². The number of piperidine rings is 1. The molecule has 0 unspecified atom stereocenters. The Morgan fingerprint density at radius 1 is 1.05 bits per heavy atom. The number of carboxylic acids is 1. The molecule has 194 valence electrons. The molecule has 0 amide bonds. The Kier molecular flexibility index (Phi) is 5.94. The topological polar surface area (TPSA) is 88.7 Å². The number of halogens is 3. The number of carbonyl (C=O) groups is 1. The lowest BCUT2D eigenvalue weighted by Gasteiger charge is -2.39. The van der Waals surface area contributed by atoms with Crippen LogP contribution in [0.2, 0.25) is 0 Å². The number of hydrogen-bond acceptors (Lipinski definition) is 6. The van der Waals surface area contributed by atoms with Gasteiger partial charge in [-0.15, -0.1) is 0 Å². The summed E-state index contributed by atoms with van der Waals surface area (Å²) in [5.74, 6) is 0.396. The molecule has 3 atom stereocenters. The number of aromatic nitrogens is 2. The number of nitrogens with zero attached hydrogens (tertiary/aromatic N) is 3. The van der Waals surface area contributed by atoms with Crippen LogP contribution < -0.4 is 4.90 Å². The van der Waals surface area contributed by atoms with Gasteiger partial charge in [-0.3, -0.25) is 0 Å². The predicted molar refractivity (Wildman–Crippen MR) is 127 cm³/mol. The number of benzene rings is 1. The van der Waals surface area contributed by atoms with Crippen molar-refractivity contribution in [1.29, 1.82) is 0 Å². The van der Waals surface area contributed by atoms with Crippen LogP contribution in [0.1, 0.15) is 71.8 Å². The van der Waals surface area contributed by atoms with Crippen LogP contribution >= 0.6 is 0 Å². The molecule has 7 nitrogen and oxygen atoms in total. The number of aromatic carboxylic acids is 1. The number of rotatable bonds is 7. The van der Waals surface area contributed by atoms with E-state index in [9.17, 15) is 23.1 Å². The third kappa shape index (κ3) is 4.58. The third-order valence-corrected chi connectivity index (χ3v) is 7.63. The van der Waals surface area contributed by atoms with Gasteiger partial charge in [0.2, 0.25) is 0 Å². The fourth-order valence-electron chi connectivity index (χ4n) is 5.80. The second-order valence-corrected chi connectivity index (χ2v) is 10.1. The number of carboxylic acid groups (broad SMARTS) is 1. The Bertz CT molecular complexity index is 1310. The summed E-state index contributed by atoms with van der Waals surface area (Å²) >= 11 is 0. The Hall–Kier alpha value is -3.40. The molecule has 6 rings (SSSR count). The number of ether oxygens (including phenoxy) is 1. The molecule has 2 bridgehead atoms. The fraction of sp³-hybridized carbons (Fsp3) is 0.444. The molecule has 10 heteroatoms. The molecule has 2 saturated heterocycles. The highest BCUT2D eigenvalue weighted by Gasteiger charge is 2.43. The summed E-state index contributed by atoms with van der Waals surface area (Å²) in [6.45, 7) is 0.133. The van der Waals surface area contributed by atoms with E-state index in [1.54, 1.807) is 12.1 Å². The third-order valence-electron chi connectivity index (χ3n) is 7.63. The first kappa shape index (κ1) is 24.0. The summed E-state index contributed by atoms with van der Waals surface area (Å²) in [5.41, 5.74) is 0.0783. The Labute approximate surface area is 211 Å². The molecule has 3 aliphatic rings. The van der Waals surface area contributed by atoms with Crippen LogP contribution in [0.15, 0.2) is 47.0 Å². The van der Waals surface area contributed by atoms with Crippen LogP contribution in [0.5, 0.6) is 0 Å². The van der Waals surface area contributed by atoms with Crippen LogP contribution in [0.3, 0.4) is 0 Å². The molecule has 0 radical (unpaired) electrons. The second-order valence-electron chi connectivity index (χ2n) is 10.1. The zero-order valence-electron chi connectivity index (χ0n) is 19.9. The number of anilines is 1. The zero-order valence-corrected chi connectivity index (χ0v) is 19.9. The Morgan fingerprint density at radius 2 is 1.78 bits per heavy atom. The molecule has 3 aromatic rings. The van der Waals surface area contributed by atoms with E-state index in [0.29, 0.717) is 17.1 Å². The molecule has 0 spiro atoms. The standard InChI is InChI=1S/C27H26F3N3O4/c28-27(29,30)21-5-2-1-4-19(21)24-20(25(37-32-24)15-8-9-15)14-36-18-12-16-10-11-17(13-18)33(16)23-7-3-6-22(31-23)26(34)35/h1-7,15-18H,8-14H2,(H,34,35)/t16-,17+,18-. The van der Waals surface area contributed by atoms with Crippen molar-refractivity contribution in [3.8, 4) is 11.3 Å². The summed E-state index contributed by atoms with van der Waals surface area (Å²) < 4.78 is 53.1. The molecule has 4 heterocycles. The van der Waals surface area contributed by atoms with Crippen molar-refractivity contribution in [2.24, 2.45) is 0 Å². The fourth-order valence-corrected chi connectivity index (χ4v) is 5.80. The van der Waals surface area contributed by atoms with E-state index in [1.165, 1.54) is 18.2 Å². The minimum Gasteiger partial charge on any atom is -0.477 e. The lowest BCUT2D eigenvalue weighted by Crippen LogP contribution is -2.46. The zero-order chi connectivity index (χ0) is 25.7. The van der Waals surface area contributed by atoms with E-state index >= 15 is 0 Å². The highest BCUT2D eigenvalue weighted by molar-refractivity contribution is 5.85. The van der Waals surface area contributed by atoms with E-state index in [4.69, 9.17) is 9.26 Å². The lowest BCUT2D eigenvalue weighted by molar-refractivity contribution is -0.137. The molecule has 3 fully saturated rings.